The van der Waals surface area contributed by atoms with Gasteiger partial charge in [0.05, 0.1) is 25.5 Å². The molecule has 0 aliphatic heterocycles. The molecule has 1 aromatic rings. The number of halogens is 1. The van der Waals surface area contributed by atoms with Gasteiger partial charge in [-0.25, -0.2) is 4.98 Å². The molecular weight excluding hydrogens is 304 g/mol. The van der Waals surface area contributed by atoms with Crippen LogP contribution in [0.25, 0.3) is 0 Å². The maximum atomic E-state index is 12.2. The van der Waals surface area contributed by atoms with Gasteiger partial charge in [0.15, 0.2) is 0 Å². The van der Waals surface area contributed by atoms with Crippen molar-refractivity contribution in [3.8, 4) is 5.75 Å². The second kappa shape index (κ2) is 7.79. The Hall–Kier alpha value is -1.33. The summed E-state index contributed by atoms with van der Waals surface area (Å²) >= 11 is 6.05. The molecule has 0 radical (unpaired) electrons. The van der Waals surface area contributed by atoms with Crippen molar-refractivity contribution in [2.24, 2.45) is 11.8 Å². The molecule has 0 aromatic carbocycles. The van der Waals surface area contributed by atoms with Crippen LogP contribution >= 0.6 is 11.6 Å². The fraction of sp³-hybridized carbons (Fsp3) is 0.625. The molecule has 5 nitrogen and oxygen atoms in total. The first-order valence-corrected chi connectivity index (χ1v) is 8.07. The molecule has 1 saturated carbocycles. The van der Waals surface area contributed by atoms with Gasteiger partial charge < -0.3 is 15.2 Å². The monoisotopic (exact) mass is 326 g/mol. The van der Waals surface area contributed by atoms with E-state index in [-0.39, 0.29) is 24.2 Å². The van der Waals surface area contributed by atoms with Crippen molar-refractivity contribution in [3.05, 3.63) is 23.0 Å². The lowest BCUT2D eigenvalue weighted by Crippen LogP contribution is -2.38. The van der Waals surface area contributed by atoms with Crippen LogP contribution in [-0.2, 0) is 0 Å². The quantitative estimate of drug-likeness (QED) is 0.770. The SMILES string of the molecule is CC(C)C[C@@H](CO)NC(=O)c1cc(OCC2CC2)c(Cl)cn1. The lowest BCUT2D eigenvalue weighted by Gasteiger charge is -2.18. The summed E-state index contributed by atoms with van der Waals surface area (Å²) in [6.45, 7) is 4.61. The van der Waals surface area contributed by atoms with E-state index in [4.69, 9.17) is 16.3 Å². The van der Waals surface area contributed by atoms with Crippen LogP contribution in [0.4, 0.5) is 0 Å². The molecule has 0 saturated heterocycles. The number of pyridine rings is 1. The van der Waals surface area contributed by atoms with E-state index in [0.717, 1.165) is 0 Å². The van der Waals surface area contributed by atoms with Gasteiger partial charge >= 0.3 is 0 Å². The second-order valence-corrected chi connectivity index (χ2v) is 6.64. The van der Waals surface area contributed by atoms with Crippen LogP contribution in [0, 0.1) is 11.8 Å². The molecule has 22 heavy (non-hydrogen) atoms. The van der Waals surface area contributed by atoms with Gasteiger partial charge in [0.2, 0.25) is 0 Å². The number of aliphatic hydroxyl groups is 1. The van der Waals surface area contributed by atoms with Gasteiger partial charge in [-0.15, -0.1) is 0 Å². The fourth-order valence-electron chi connectivity index (χ4n) is 2.15. The minimum Gasteiger partial charge on any atom is -0.492 e. The van der Waals surface area contributed by atoms with E-state index in [0.29, 0.717) is 35.6 Å². The number of hydrogen-bond acceptors (Lipinski definition) is 4. The fourth-order valence-corrected chi connectivity index (χ4v) is 2.31. The summed E-state index contributed by atoms with van der Waals surface area (Å²) in [7, 11) is 0. The average Bonchev–Trinajstić information content (AvgIpc) is 3.29. The topological polar surface area (TPSA) is 71.5 Å². The van der Waals surface area contributed by atoms with Crippen molar-refractivity contribution in [2.75, 3.05) is 13.2 Å². The highest BCUT2D eigenvalue weighted by atomic mass is 35.5. The van der Waals surface area contributed by atoms with Crippen LogP contribution in [0.5, 0.6) is 5.75 Å². The van der Waals surface area contributed by atoms with Crippen LogP contribution in [-0.4, -0.2) is 35.3 Å². The van der Waals surface area contributed by atoms with E-state index in [1.165, 1.54) is 19.0 Å². The highest BCUT2D eigenvalue weighted by Gasteiger charge is 2.23. The molecule has 0 spiro atoms. The van der Waals surface area contributed by atoms with Crippen LogP contribution in [0.15, 0.2) is 12.3 Å². The molecule has 0 unspecified atom stereocenters. The van der Waals surface area contributed by atoms with E-state index in [1.54, 1.807) is 6.07 Å². The maximum Gasteiger partial charge on any atom is 0.270 e. The molecule has 1 amide bonds. The minimum absolute atomic E-state index is 0.0947. The Labute approximate surface area is 136 Å². The summed E-state index contributed by atoms with van der Waals surface area (Å²) in [6.07, 6.45) is 4.50. The molecule has 2 rings (SSSR count). The highest BCUT2D eigenvalue weighted by Crippen LogP contribution is 2.31. The van der Waals surface area contributed by atoms with Gasteiger partial charge in [0.1, 0.15) is 16.5 Å². The lowest BCUT2D eigenvalue weighted by molar-refractivity contribution is 0.0902. The van der Waals surface area contributed by atoms with Crippen molar-refractivity contribution < 1.29 is 14.6 Å². The maximum absolute atomic E-state index is 12.2. The first kappa shape index (κ1) is 17.0. The van der Waals surface area contributed by atoms with Gasteiger partial charge in [-0.05, 0) is 31.1 Å². The number of nitrogens with zero attached hydrogens (tertiary/aromatic N) is 1. The number of nitrogens with one attached hydrogen (secondary N) is 1. The van der Waals surface area contributed by atoms with Crippen molar-refractivity contribution in [3.63, 3.8) is 0 Å². The van der Waals surface area contributed by atoms with Gasteiger partial charge in [-0.3, -0.25) is 4.79 Å². The summed E-state index contributed by atoms with van der Waals surface area (Å²) in [5.41, 5.74) is 0.248. The summed E-state index contributed by atoms with van der Waals surface area (Å²) in [5.74, 6) is 1.14. The largest absolute Gasteiger partial charge is 0.492 e. The summed E-state index contributed by atoms with van der Waals surface area (Å²) in [6, 6.07) is 1.28. The predicted molar refractivity (Wildman–Crippen MR) is 85.3 cm³/mol. The highest BCUT2D eigenvalue weighted by molar-refractivity contribution is 6.32. The minimum atomic E-state index is -0.326. The van der Waals surface area contributed by atoms with Crippen molar-refractivity contribution >= 4 is 17.5 Å². The van der Waals surface area contributed by atoms with Crippen LogP contribution < -0.4 is 10.1 Å². The van der Waals surface area contributed by atoms with Crippen LogP contribution in [0.1, 0.15) is 43.6 Å². The van der Waals surface area contributed by atoms with E-state index in [2.05, 4.69) is 10.3 Å². The molecule has 1 atom stereocenters. The van der Waals surface area contributed by atoms with E-state index >= 15 is 0 Å². The number of rotatable bonds is 8. The summed E-state index contributed by atoms with van der Waals surface area (Å²) in [5, 5.41) is 12.5. The zero-order valence-electron chi connectivity index (χ0n) is 13.0. The number of hydrogen-bond donors (Lipinski definition) is 2. The Morgan fingerprint density at radius 3 is 2.86 bits per heavy atom. The molecule has 1 heterocycles. The summed E-state index contributed by atoms with van der Waals surface area (Å²) < 4.78 is 5.65. The van der Waals surface area contributed by atoms with Crippen molar-refractivity contribution in [1.29, 1.82) is 0 Å². The third kappa shape index (κ3) is 5.14. The predicted octanol–water partition coefficient (Wildman–Crippen LogP) is 2.66. The van der Waals surface area contributed by atoms with Crippen molar-refractivity contribution in [2.45, 2.75) is 39.2 Å². The first-order valence-electron chi connectivity index (χ1n) is 7.69. The Morgan fingerprint density at radius 1 is 1.55 bits per heavy atom. The van der Waals surface area contributed by atoms with Gasteiger partial charge in [-0.1, -0.05) is 25.4 Å². The molecular formula is C16H23ClN2O3. The molecule has 1 aliphatic carbocycles. The lowest BCUT2D eigenvalue weighted by atomic mass is 10.0. The number of aromatic nitrogens is 1. The molecule has 6 heteroatoms. The Balaban J connectivity index is 2.00. The van der Waals surface area contributed by atoms with Crippen LogP contribution in [0.3, 0.4) is 0 Å². The standard InChI is InChI=1S/C16H23ClN2O3/c1-10(2)5-12(8-20)19-16(21)14-6-15(13(17)7-18-14)22-9-11-3-4-11/h6-7,10-12,20H,3-5,8-9H2,1-2H3,(H,19,21)/t12-/m0/s1. The van der Waals surface area contributed by atoms with E-state index in [9.17, 15) is 9.90 Å². The normalized spacial score (nSPS) is 15.7. The summed E-state index contributed by atoms with van der Waals surface area (Å²) in [4.78, 5) is 16.3. The molecule has 122 valence electrons. The Kier molecular flexibility index (Phi) is 6.03. The molecule has 1 aliphatic rings. The number of carbonyl (C=O) groups excluding carboxylic acids is 1. The number of carbonyl (C=O) groups is 1. The molecule has 1 fully saturated rings. The second-order valence-electron chi connectivity index (χ2n) is 6.24. The van der Waals surface area contributed by atoms with Crippen LogP contribution in [0.2, 0.25) is 5.02 Å². The Bertz CT molecular complexity index is 518. The molecule has 0 bridgehead atoms. The zero-order chi connectivity index (χ0) is 16.1. The average molecular weight is 327 g/mol. The van der Waals surface area contributed by atoms with E-state index in [1.807, 2.05) is 13.8 Å². The molecule has 2 N–H and O–H groups in total. The number of aliphatic hydroxyl groups excluding tert-OH is 1. The van der Waals surface area contributed by atoms with E-state index < -0.39 is 0 Å². The van der Waals surface area contributed by atoms with Crippen molar-refractivity contribution in [1.82, 2.24) is 10.3 Å². The Morgan fingerprint density at radius 2 is 2.27 bits per heavy atom. The van der Waals surface area contributed by atoms with Gasteiger partial charge in [0, 0.05) is 6.07 Å². The third-order valence-corrected chi connectivity index (χ3v) is 3.82. The van der Waals surface area contributed by atoms with Gasteiger partial charge in [0.25, 0.3) is 5.91 Å². The number of ether oxygens (including phenoxy) is 1. The number of amides is 1. The third-order valence-electron chi connectivity index (χ3n) is 3.54. The van der Waals surface area contributed by atoms with Gasteiger partial charge in [-0.2, -0.15) is 0 Å². The smallest absolute Gasteiger partial charge is 0.270 e. The zero-order valence-corrected chi connectivity index (χ0v) is 13.8. The molecule has 1 aromatic heterocycles. The first-order chi connectivity index (χ1) is 10.5.